The van der Waals surface area contributed by atoms with E-state index in [1.54, 1.807) is 67.7 Å². The molecule has 0 spiro atoms. The van der Waals surface area contributed by atoms with E-state index in [0.717, 1.165) is 5.39 Å². The minimum atomic E-state index is -1.25. The van der Waals surface area contributed by atoms with E-state index in [-0.39, 0.29) is 22.9 Å². The van der Waals surface area contributed by atoms with E-state index in [1.165, 1.54) is 4.90 Å². The van der Waals surface area contributed by atoms with Gasteiger partial charge in [-0.05, 0) is 54.4 Å². The lowest BCUT2D eigenvalue weighted by atomic mass is 10.00. The van der Waals surface area contributed by atoms with Crippen molar-refractivity contribution in [3.63, 3.8) is 0 Å². The molecule has 3 amide bonds. The summed E-state index contributed by atoms with van der Waals surface area (Å²) in [5.74, 6) is -2.83. The maximum Gasteiger partial charge on any atom is 0.325 e. The van der Waals surface area contributed by atoms with Gasteiger partial charge in [-0.2, -0.15) is 4.37 Å². The molecule has 0 unspecified atom stereocenters. The van der Waals surface area contributed by atoms with Gasteiger partial charge < -0.3 is 21.5 Å². The van der Waals surface area contributed by atoms with Crippen molar-refractivity contribution >= 4 is 57.5 Å². The van der Waals surface area contributed by atoms with E-state index in [1.807, 2.05) is 6.07 Å². The smallest absolute Gasteiger partial charge is 0.325 e. The zero-order chi connectivity index (χ0) is 27.2. The fraction of sp³-hybridized carbons (Fsp3) is 0.154. The van der Waals surface area contributed by atoms with Gasteiger partial charge in [0.1, 0.15) is 17.5 Å². The van der Waals surface area contributed by atoms with Crippen LogP contribution in [-0.2, 0) is 14.3 Å². The van der Waals surface area contributed by atoms with Gasteiger partial charge in [0.2, 0.25) is 5.91 Å². The summed E-state index contributed by atoms with van der Waals surface area (Å²) in [5.41, 5.74) is 12.5. The number of para-hydroxylation sites is 1. The van der Waals surface area contributed by atoms with Crippen LogP contribution in [0.15, 0.2) is 66.9 Å². The van der Waals surface area contributed by atoms with E-state index in [9.17, 15) is 19.2 Å². The van der Waals surface area contributed by atoms with E-state index < -0.39 is 36.3 Å². The van der Waals surface area contributed by atoms with Crippen molar-refractivity contribution in [2.24, 2.45) is 5.73 Å². The summed E-state index contributed by atoms with van der Waals surface area (Å²) in [7, 11) is 0. The maximum atomic E-state index is 14.0. The van der Waals surface area contributed by atoms with Crippen LogP contribution < -0.4 is 21.7 Å². The van der Waals surface area contributed by atoms with Gasteiger partial charge in [-0.3, -0.25) is 29.1 Å². The summed E-state index contributed by atoms with van der Waals surface area (Å²) in [6.07, 6.45) is 1.65. The van der Waals surface area contributed by atoms with Crippen LogP contribution in [0.2, 0.25) is 0 Å². The topological polar surface area (TPSA) is 171 Å². The Labute approximate surface area is 221 Å². The largest absolute Gasteiger partial charge is 0.465 e. The summed E-state index contributed by atoms with van der Waals surface area (Å²) in [4.78, 5) is 56.9. The minimum absolute atomic E-state index is 0.0618. The second-order valence-corrected chi connectivity index (χ2v) is 8.80. The second kappa shape index (κ2) is 11.5. The van der Waals surface area contributed by atoms with Crippen LogP contribution in [0.5, 0.6) is 0 Å². The van der Waals surface area contributed by atoms with Crippen molar-refractivity contribution in [2.45, 2.75) is 13.0 Å². The molecule has 0 aliphatic carbocycles. The predicted octanol–water partition coefficient (Wildman–Crippen LogP) is 2.44. The Kier molecular flexibility index (Phi) is 7.92. The Balaban J connectivity index is 1.86. The van der Waals surface area contributed by atoms with E-state index >= 15 is 0 Å². The number of hydrogen-bond acceptors (Lipinski definition) is 9. The molecule has 0 radical (unpaired) electrons. The number of nitrogens with one attached hydrogen (secondary N) is 1. The highest BCUT2D eigenvalue weighted by molar-refractivity contribution is 7.09. The number of pyridine rings is 1. The molecule has 2 heterocycles. The maximum absolute atomic E-state index is 14.0. The highest BCUT2D eigenvalue weighted by Crippen LogP contribution is 2.33. The Morgan fingerprint density at radius 2 is 1.84 bits per heavy atom. The van der Waals surface area contributed by atoms with Crippen LogP contribution in [0.4, 0.5) is 11.4 Å². The van der Waals surface area contributed by atoms with Crippen LogP contribution >= 0.6 is 11.5 Å². The van der Waals surface area contributed by atoms with E-state index in [2.05, 4.69) is 14.7 Å². The van der Waals surface area contributed by atoms with Crippen molar-refractivity contribution < 1.29 is 23.9 Å². The molecule has 11 nitrogen and oxygen atoms in total. The number of rotatable bonds is 9. The molecule has 5 N–H and O–H groups in total. The molecule has 2 aromatic carbocycles. The number of nitrogen functional groups attached to an aromatic ring is 1. The second-order valence-electron chi connectivity index (χ2n) is 8.03. The number of benzene rings is 2. The molecule has 1 atom stereocenters. The zero-order valence-electron chi connectivity index (χ0n) is 20.3. The van der Waals surface area contributed by atoms with Crippen LogP contribution in [0.1, 0.15) is 38.7 Å². The third-order valence-electron chi connectivity index (χ3n) is 5.57. The molecule has 38 heavy (non-hydrogen) atoms. The number of nitrogens with two attached hydrogens (primary N) is 2. The van der Waals surface area contributed by atoms with Crippen LogP contribution in [0.3, 0.4) is 0 Å². The molecule has 2 aromatic heterocycles. The number of primary amides is 1. The average Bonchev–Trinajstić information content (AvgIpc) is 3.32. The third-order valence-corrected chi connectivity index (χ3v) is 6.42. The molecule has 0 saturated carbocycles. The fourth-order valence-electron chi connectivity index (χ4n) is 3.86. The molecule has 0 aliphatic heterocycles. The standard InChI is InChI=1S/C26H24N6O5S/c1-2-37-19(33)14-30-25(35)22(16-10-11-18-15(13-16)7-6-12-29-18)32(17-8-4-3-5-9-17)26(36)23-20(27)21(24(28)34)31-38-23/h3-13,22H,2,14,27H2,1H3,(H2,28,34)(H,30,35)/t22-/m1/s1. The van der Waals surface area contributed by atoms with Crippen molar-refractivity contribution in [2.75, 3.05) is 23.8 Å². The fourth-order valence-corrected chi connectivity index (χ4v) is 4.60. The lowest BCUT2D eigenvalue weighted by molar-refractivity contribution is -0.143. The first-order valence-electron chi connectivity index (χ1n) is 11.5. The van der Waals surface area contributed by atoms with Crippen LogP contribution in [0, 0.1) is 0 Å². The number of esters is 1. The molecule has 0 saturated heterocycles. The molecular formula is C26H24N6O5S. The minimum Gasteiger partial charge on any atom is -0.465 e. The molecule has 12 heteroatoms. The summed E-state index contributed by atoms with van der Waals surface area (Å²) in [6, 6.07) is 16.0. The summed E-state index contributed by atoms with van der Waals surface area (Å²) in [5, 5.41) is 3.31. The van der Waals surface area contributed by atoms with Gasteiger partial charge in [0.05, 0.1) is 17.8 Å². The Morgan fingerprint density at radius 1 is 1.08 bits per heavy atom. The number of anilines is 2. The normalized spacial score (nSPS) is 11.5. The lowest BCUT2D eigenvalue weighted by Crippen LogP contribution is -2.45. The number of aromatic nitrogens is 2. The van der Waals surface area contributed by atoms with Crippen LogP contribution in [0.25, 0.3) is 10.9 Å². The zero-order valence-corrected chi connectivity index (χ0v) is 21.1. The predicted molar refractivity (Wildman–Crippen MR) is 142 cm³/mol. The quantitative estimate of drug-likeness (QED) is 0.276. The molecule has 4 rings (SSSR count). The van der Waals surface area contributed by atoms with Crippen molar-refractivity contribution in [3.05, 3.63) is 83.0 Å². The van der Waals surface area contributed by atoms with Crippen LogP contribution in [-0.4, -0.2) is 46.2 Å². The molecule has 194 valence electrons. The van der Waals surface area contributed by atoms with Gasteiger partial charge in [-0.15, -0.1) is 0 Å². The van der Waals surface area contributed by atoms with E-state index in [4.69, 9.17) is 16.2 Å². The van der Waals surface area contributed by atoms with Gasteiger partial charge in [-0.1, -0.05) is 30.3 Å². The number of nitrogens with zero attached hydrogens (tertiary/aromatic N) is 3. The summed E-state index contributed by atoms with van der Waals surface area (Å²) in [6.45, 7) is 1.40. The number of amides is 3. The van der Waals surface area contributed by atoms with Gasteiger partial charge in [0.15, 0.2) is 5.69 Å². The number of fused-ring (bicyclic) bond motifs is 1. The first-order chi connectivity index (χ1) is 18.3. The Bertz CT molecular complexity index is 1510. The summed E-state index contributed by atoms with van der Waals surface area (Å²) >= 11 is 0.704. The van der Waals surface area contributed by atoms with Crippen molar-refractivity contribution in [1.82, 2.24) is 14.7 Å². The number of hydrogen-bond donors (Lipinski definition) is 3. The van der Waals surface area contributed by atoms with Gasteiger partial charge in [-0.25, -0.2) is 0 Å². The van der Waals surface area contributed by atoms with Gasteiger partial charge in [0.25, 0.3) is 11.8 Å². The molecule has 0 fully saturated rings. The first kappa shape index (κ1) is 26.2. The number of carbonyl (C=O) groups excluding carboxylic acids is 4. The van der Waals surface area contributed by atoms with Crippen molar-refractivity contribution in [1.29, 1.82) is 0 Å². The highest BCUT2D eigenvalue weighted by atomic mass is 32.1. The average molecular weight is 533 g/mol. The molecular weight excluding hydrogens is 508 g/mol. The lowest BCUT2D eigenvalue weighted by Gasteiger charge is -2.31. The molecule has 0 aliphatic rings. The molecule has 4 aromatic rings. The molecule has 0 bridgehead atoms. The third kappa shape index (κ3) is 5.44. The highest BCUT2D eigenvalue weighted by Gasteiger charge is 2.36. The van der Waals surface area contributed by atoms with Gasteiger partial charge in [0, 0.05) is 17.3 Å². The van der Waals surface area contributed by atoms with Crippen molar-refractivity contribution in [3.8, 4) is 0 Å². The monoisotopic (exact) mass is 532 g/mol. The Hall–Kier alpha value is -4.84. The first-order valence-corrected chi connectivity index (χ1v) is 12.3. The number of carbonyl (C=O) groups is 4. The summed E-state index contributed by atoms with van der Waals surface area (Å²) < 4.78 is 8.86. The van der Waals surface area contributed by atoms with Gasteiger partial charge >= 0.3 is 5.97 Å². The SMILES string of the molecule is CCOC(=O)CNC(=O)[C@@H](c1ccc2ncccc2c1)N(C(=O)c1snc(C(N)=O)c1N)c1ccccc1. The number of ether oxygens (including phenoxy) is 1. The Morgan fingerprint density at radius 3 is 2.53 bits per heavy atom. The van der Waals surface area contributed by atoms with E-state index in [0.29, 0.717) is 28.3 Å².